The Morgan fingerprint density at radius 3 is 2.52 bits per heavy atom. The second-order valence-electron chi connectivity index (χ2n) is 6.35. The van der Waals surface area contributed by atoms with E-state index in [-0.39, 0.29) is 5.60 Å². The molecule has 21 heavy (non-hydrogen) atoms. The number of hydrogen-bond acceptors (Lipinski definition) is 4. The molecule has 0 heterocycles. The van der Waals surface area contributed by atoms with Gasteiger partial charge in [0.1, 0.15) is 0 Å². The van der Waals surface area contributed by atoms with Crippen molar-refractivity contribution < 1.29 is 14.2 Å². The Balaban J connectivity index is 2.22. The molecule has 1 N–H and O–H groups in total. The van der Waals surface area contributed by atoms with Crippen molar-refractivity contribution in [3.8, 4) is 0 Å². The molecule has 1 fully saturated rings. The summed E-state index contributed by atoms with van der Waals surface area (Å²) in [4.78, 5) is 0. The lowest BCUT2D eigenvalue weighted by Gasteiger charge is -2.39. The predicted octanol–water partition coefficient (Wildman–Crippen LogP) is 3.00. The first-order valence-electron chi connectivity index (χ1n) is 8.64. The summed E-state index contributed by atoms with van der Waals surface area (Å²) in [6.07, 6.45) is 7.04. The van der Waals surface area contributed by atoms with Gasteiger partial charge in [0.15, 0.2) is 0 Å². The molecule has 4 heteroatoms. The van der Waals surface area contributed by atoms with Crippen LogP contribution in [0.25, 0.3) is 0 Å². The van der Waals surface area contributed by atoms with E-state index in [1.807, 2.05) is 0 Å². The van der Waals surface area contributed by atoms with E-state index in [0.29, 0.717) is 13.2 Å². The van der Waals surface area contributed by atoms with E-state index < -0.39 is 0 Å². The molecule has 0 amide bonds. The molecule has 0 aromatic carbocycles. The lowest BCUT2D eigenvalue weighted by molar-refractivity contribution is -0.0920. The molecule has 0 aromatic heterocycles. The summed E-state index contributed by atoms with van der Waals surface area (Å²) in [5, 5.41) is 3.55. The maximum absolute atomic E-state index is 6.25. The molecule has 1 rings (SSSR count). The molecule has 0 spiro atoms. The minimum absolute atomic E-state index is 0.0393. The molecule has 0 saturated heterocycles. The van der Waals surface area contributed by atoms with E-state index in [2.05, 4.69) is 19.2 Å². The highest BCUT2D eigenvalue weighted by molar-refractivity contribution is 4.88. The Labute approximate surface area is 130 Å². The Hall–Kier alpha value is -0.160. The van der Waals surface area contributed by atoms with Gasteiger partial charge in [0.05, 0.1) is 18.8 Å². The Morgan fingerprint density at radius 1 is 1.10 bits per heavy atom. The van der Waals surface area contributed by atoms with Gasteiger partial charge in [0.25, 0.3) is 0 Å². The van der Waals surface area contributed by atoms with Crippen LogP contribution in [0.1, 0.15) is 52.4 Å². The quantitative estimate of drug-likeness (QED) is 0.563. The first-order chi connectivity index (χ1) is 10.2. The fourth-order valence-corrected chi connectivity index (χ4v) is 2.88. The molecule has 1 aliphatic rings. The van der Waals surface area contributed by atoms with Crippen LogP contribution in [0.4, 0.5) is 0 Å². The zero-order valence-electron chi connectivity index (χ0n) is 14.3. The minimum atomic E-state index is 0.0393. The zero-order chi connectivity index (χ0) is 15.4. The van der Waals surface area contributed by atoms with E-state index >= 15 is 0 Å². The van der Waals surface area contributed by atoms with E-state index in [9.17, 15) is 0 Å². The summed E-state index contributed by atoms with van der Waals surface area (Å²) in [5.41, 5.74) is 0.0393. The van der Waals surface area contributed by atoms with Gasteiger partial charge in [-0.3, -0.25) is 0 Å². The molecule has 0 unspecified atom stereocenters. The van der Waals surface area contributed by atoms with Crippen molar-refractivity contribution in [3.05, 3.63) is 0 Å². The van der Waals surface area contributed by atoms with E-state index in [4.69, 9.17) is 14.2 Å². The van der Waals surface area contributed by atoms with Crippen LogP contribution in [-0.2, 0) is 14.2 Å². The van der Waals surface area contributed by atoms with Gasteiger partial charge in [-0.05, 0) is 51.0 Å². The van der Waals surface area contributed by atoms with Crippen molar-refractivity contribution in [1.29, 1.82) is 0 Å². The molecule has 1 aliphatic carbocycles. The van der Waals surface area contributed by atoms with Crippen LogP contribution in [0.5, 0.6) is 0 Å². The van der Waals surface area contributed by atoms with Crippen molar-refractivity contribution >= 4 is 0 Å². The molecule has 4 nitrogen and oxygen atoms in total. The fraction of sp³-hybridized carbons (Fsp3) is 1.00. The average Bonchev–Trinajstić information content (AvgIpc) is 2.50. The topological polar surface area (TPSA) is 39.7 Å². The molecule has 0 aromatic rings. The van der Waals surface area contributed by atoms with Gasteiger partial charge in [0, 0.05) is 26.9 Å². The van der Waals surface area contributed by atoms with Crippen LogP contribution in [0.3, 0.4) is 0 Å². The van der Waals surface area contributed by atoms with E-state index in [0.717, 1.165) is 38.6 Å². The van der Waals surface area contributed by atoms with Crippen molar-refractivity contribution in [3.63, 3.8) is 0 Å². The summed E-state index contributed by atoms with van der Waals surface area (Å²) < 4.78 is 16.9. The highest BCUT2D eigenvalue weighted by Crippen LogP contribution is 2.34. The van der Waals surface area contributed by atoms with Gasteiger partial charge in [-0.25, -0.2) is 0 Å². The van der Waals surface area contributed by atoms with Crippen LogP contribution in [0.15, 0.2) is 0 Å². The number of nitrogens with one attached hydrogen (secondary N) is 1. The predicted molar refractivity (Wildman–Crippen MR) is 86.8 cm³/mol. The maximum Gasteiger partial charge on any atom is 0.0807 e. The molecule has 126 valence electrons. The van der Waals surface area contributed by atoms with Crippen molar-refractivity contribution in [2.24, 2.45) is 5.92 Å². The van der Waals surface area contributed by atoms with E-state index in [1.54, 1.807) is 7.11 Å². The Kier molecular flexibility index (Phi) is 10.3. The SMILES string of the molecule is CCCNCC1(OCCOCCCOC)CCC(C)CC1. The Bertz CT molecular complexity index is 240. The number of methoxy groups -OCH3 is 1. The third-order valence-electron chi connectivity index (χ3n) is 4.33. The molecule has 0 bridgehead atoms. The summed E-state index contributed by atoms with van der Waals surface area (Å²) in [6, 6.07) is 0. The maximum atomic E-state index is 6.25. The van der Waals surface area contributed by atoms with Crippen LogP contribution in [0, 0.1) is 5.92 Å². The summed E-state index contributed by atoms with van der Waals surface area (Å²) in [7, 11) is 1.72. The third-order valence-corrected chi connectivity index (χ3v) is 4.33. The number of ether oxygens (including phenoxy) is 3. The first-order valence-corrected chi connectivity index (χ1v) is 8.64. The van der Waals surface area contributed by atoms with Gasteiger partial charge in [-0.15, -0.1) is 0 Å². The molecule has 0 aliphatic heterocycles. The van der Waals surface area contributed by atoms with Crippen LogP contribution in [0.2, 0.25) is 0 Å². The monoisotopic (exact) mass is 301 g/mol. The van der Waals surface area contributed by atoms with E-state index in [1.165, 1.54) is 32.1 Å². The van der Waals surface area contributed by atoms with Crippen molar-refractivity contribution in [2.45, 2.75) is 58.0 Å². The lowest BCUT2D eigenvalue weighted by Crippen LogP contribution is -2.46. The van der Waals surface area contributed by atoms with Gasteiger partial charge >= 0.3 is 0 Å². The second-order valence-corrected chi connectivity index (χ2v) is 6.35. The largest absolute Gasteiger partial charge is 0.385 e. The number of hydrogen-bond donors (Lipinski definition) is 1. The molecular weight excluding hydrogens is 266 g/mol. The zero-order valence-corrected chi connectivity index (χ0v) is 14.3. The molecule has 1 saturated carbocycles. The van der Waals surface area contributed by atoms with Crippen LogP contribution in [-0.4, -0.2) is 52.2 Å². The average molecular weight is 301 g/mol. The Morgan fingerprint density at radius 2 is 1.86 bits per heavy atom. The molecular formula is C17H35NO3. The normalized spacial score (nSPS) is 26.1. The summed E-state index contributed by atoms with van der Waals surface area (Å²) in [6.45, 7) is 9.54. The summed E-state index contributed by atoms with van der Waals surface area (Å²) in [5.74, 6) is 0.846. The first kappa shape index (κ1) is 18.9. The number of rotatable bonds is 12. The van der Waals surface area contributed by atoms with Crippen molar-refractivity contribution in [1.82, 2.24) is 5.32 Å². The van der Waals surface area contributed by atoms with Crippen molar-refractivity contribution in [2.75, 3.05) is 46.6 Å². The van der Waals surface area contributed by atoms with Gasteiger partial charge in [-0.1, -0.05) is 13.8 Å². The highest BCUT2D eigenvalue weighted by atomic mass is 16.5. The van der Waals surface area contributed by atoms with Crippen LogP contribution >= 0.6 is 0 Å². The lowest BCUT2D eigenvalue weighted by atomic mass is 9.79. The minimum Gasteiger partial charge on any atom is -0.385 e. The standard InChI is InChI=1S/C17H35NO3/c1-4-10-18-15-17(8-6-16(2)7-9-17)21-14-13-20-12-5-11-19-3/h16,18H,4-15H2,1-3H3. The summed E-state index contributed by atoms with van der Waals surface area (Å²) >= 11 is 0. The second kappa shape index (κ2) is 11.4. The molecule has 0 atom stereocenters. The van der Waals surface area contributed by atoms with Gasteiger partial charge in [-0.2, -0.15) is 0 Å². The van der Waals surface area contributed by atoms with Gasteiger partial charge < -0.3 is 19.5 Å². The van der Waals surface area contributed by atoms with Gasteiger partial charge in [0.2, 0.25) is 0 Å². The third kappa shape index (κ3) is 8.15. The fourth-order valence-electron chi connectivity index (χ4n) is 2.88. The van der Waals surface area contributed by atoms with Crippen LogP contribution < -0.4 is 5.32 Å². The highest BCUT2D eigenvalue weighted by Gasteiger charge is 2.34. The smallest absolute Gasteiger partial charge is 0.0807 e. The molecule has 0 radical (unpaired) electrons.